The maximum atomic E-state index is 4.48. The van der Waals surface area contributed by atoms with Crippen LogP contribution in [-0.4, -0.2) is 4.98 Å². The van der Waals surface area contributed by atoms with E-state index in [0.29, 0.717) is 0 Å². The summed E-state index contributed by atoms with van der Waals surface area (Å²) >= 11 is 0. The Kier molecular flexibility index (Phi) is 8.11. The molecule has 2 heteroatoms. The van der Waals surface area contributed by atoms with E-state index in [1.165, 1.54) is 0 Å². The van der Waals surface area contributed by atoms with Crippen molar-refractivity contribution in [1.82, 2.24) is 4.98 Å². The summed E-state index contributed by atoms with van der Waals surface area (Å²) in [5, 5.41) is 1.14. The van der Waals surface area contributed by atoms with Crippen LogP contribution in [0.1, 0.15) is 37.5 Å². The predicted octanol–water partition coefficient (Wildman–Crippen LogP) is 6.79. The molecule has 0 amide bonds. The third-order valence-corrected chi connectivity index (χ3v) is 4.75. The third-order valence-electron chi connectivity index (χ3n) is 4.25. The SMILES string of the molecule is C=C(C)/C=C\C(=CC)c1cncc(C(/C=C\C)=C/C(=C)c2ccccc2P)c1. The predicted molar refractivity (Wildman–Crippen MR) is 129 cm³/mol. The molecule has 0 bridgehead atoms. The molecular formula is C26H28NP. The van der Waals surface area contributed by atoms with E-state index < -0.39 is 0 Å². The van der Waals surface area contributed by atoms with Crippen molar-refractivity contribution in [3.63, 3.8) is 0 Å². The minimum Gasteiger partial charge on any atom is -0.263 e. The molecule has 0 aliphatic carbocycles. The summed E-state index contributed by atoms with van der Waals surface area (Å²) in [6.07, 6.45) is 16.2. The lowest BCUT2D eigenvalue weighted by atomic mass is 9.97. The minimum absolute atomic E-state index is 0.970. The first-order valence-electron chi connectivity index (χ1n) is 9.30. The van der Waals surface area contributed by atoms with Crippen molar-refractivity contribution in [1.29, 1.82) is 0 Å². The van der Waals surface area contributed by atoms with Crippen LogP contribution in [0, 0.1) is 0 Å². The Labute approximate surface area is 171 Å². The number of benzene rings is 1. The van der Waals surface area contributed by atoms with Gasteiger partial charge in [-0.05, 0) is 60.5 Å². The number of allylic oxidation sites excluding steroid dienone is 10. The molecule has 2 aromatic rings. The fraction of sp³-hybridized carbons (Fsp3) is 0.115. The standard InChI is InChI=1S/C26H28NP/c1-6-10-22(15-20(5)25-11-8-9-12-26(25)28)24-16-23(17-27-18-24)21(7-2)14-13-19(3)4/h6-18H,3,5,28H2,1-2,4H3/b10-6-,14-13-,21-7?,22-15+. The topological polar surface area (TPSA) is 12.9 Å². The number of rotatable bonds is 7. The second-order valence-corrected chi connectivity index (χ2v) is 7.22. The van der Waals surface area contributed by atoms with Crippen LogP contribution in [0.15, 0.2) is 97.9 Å². The zero-order valence-corrected chi connectivity index (χ0v) is 18.1. The van der Waals surface area contributed by atoms with Crippen LogP contribution in [0.25, 0.3) is 16.7 Å². The fourth-order valence-corrected chi connectivity index (χ4v) is 3.20. The van der Waals surface area contributed by atoms with Gasteiger partial charge in [0.25, 0.3) is 0 Å². The first-order valence-corrected chi connectivity index (χ1v) is 9.87. The minimum atomic E-state index is 0.970. The Morgan fingerprint density at radius 1 is 0.964 bits per heavy atom. The summed E-state index contributed by atoms with van der Waals surface area (Å²) in [5.41, 5.74) is 7.44. The molecule has 2 rings (SSSR count). The average Bonchev–Trinajstić information content (AvgIpc) is 2.68. The summed E-state index contributed by atoms with van der Waals surface area (Å²) in [7, 11) is 2.78. The van der Waals surface area contributed by atoms with Gasteiger partial charge in [0.15, 0.2) is 0 Å². The van der Waals surface area contributed by atoms with E-state index in [0.717, 1.165) is 44.3 Å². The van der Waals surface area contributed by atoms with Crippen molar-refractivity contribution >= 4 is 31.3 Å². The monoisotopic (exact) mass is 385 g/mol. The second-order valence-electron chi connectivity index (χ2n) is 6.60. The summed E-state index contributed by atoms with van der Waals surface area (Å²) in [6, 6.07) is 10.4. The van der Waals surface area contributed by atoms with Gasteiger partial charge in [-0.15, -0.1) is 9.24 Å². The summed E-state index contributed by atoms with van der Waals surface area (Å²) in [4.78, 5) is 4.48. The van der Waals surface area contributed by atoms with Gasteiger partial charge in [0.05, 0.1) is 0 Å². The van der Waals surface area contributed by atoms with E-state index in [2.05, 4.69) is 69.9 Å². The van der Waals surface area contributed by atoms with Crippen LogP contribution in [0.4, 0.5) is 0 Å². The van der Waals surface area contributed by atoms with Gasteiger partial charge >= 0.3 is 0 Å². The first-order chi connectivity index (χ1) is 13.5. The Hall–Kier alpha value is -2.76. The normalized spacial score (nSPS) is 12.7. The van der Waals surface area contributed by atoms with Gasteiger partial charge in [0.2, 0.25) is 0 Å². The van der Waals surface area contributed by atoms with Gasteiger partial charge in [0.1, 0.15) is 0 Å². The van der Waals surface area contributed by atoms with Gasteiger partial charge in [-0.2, -0.15) is 0 Å². The number of pyridine rings is 1. The molecule has 0 saturated heterocycles. The van der Waals surface area contributed by atoms with Crippen LogP contribution < -0.4 is 5.30 Å². The Balaban J connectivity index is 2.46. The molecule has 1 aromatic carbocycles. The Bertz CT molecular complexity index is 987. The lowest BCUT2D eigenvalue weighted by molar-refractivity contribution is 1.29. The highest BCUT2D eigenvalue weighted by molar-refractivity contribution is 7.27. The van der Waals surface area contributed by atoms with Crippen LogP contribution in [0.2, 0.25) is 0 Å². The molecule has 1 aromatic heterocycles. The third kappa shape index (κ3) is 5.87. The number of aromatic nitrogens is 1. The smallest absolute Gasteiger partial charge is 0.0346 e. The molecule has 28 heavy (non-hydrogen) atoms. The number of nitrogens with zero attached hydrogens (tertiary/aromatic N) is 1. The van der Waals surface area contributed by atoms with Crippen LogP contribution in [-0.2, 0) is 0 Å². The highest BCUT2D eigenvalue weighted by atomic mass is 31.0. The molecule has 0 N–H and O–H groups in total. The van der Waals surface area contributed by atoms with Crippen LogP contribution in [0.3, 0.4) is 0 Å². The van der Waals surface area contributed by atoms with Crippen molar-refractivity contribution in [2.45, 2.75) is 20.8 Å². The van der Waals surface area contributed by atoms with Gasteiger partial charge in [-0.1, -0.05) is 73.4 Å². The molecule has 0 spiro atoms. The molecule has 1 atom stereocenters. The molecule has 0 fully saturated rings. The van der Waals surface area contributed by atoms with Crippen molar-refractivity contribution in [2.75, 3.05) is 0 Å². The Morgan fingerprint density at radius 2 is 1.64 bits per heavy atom. The average molecular weight is 385 g/mol. The quantitative estimate of drug-likeness (QED) is 0.378. The molecule has 1 nitrogen and oxygen atoms in total. The van der Waals surface area contributed by atoms with Gasteiger partial charge in [-0.25, -0.2) is 0 Å². The lowest BCUT2D eigenvalue weighted by Crippen LogP contribution is -1.98. The lowest BCUT2D eigenvalue weighted by Gasteiger charge is -2.10. The highest BCUT2D eigenvalue weighted by Crippen LogP contribution is 2.25. The number of hydrogen-bond acceptors (Lipinski definition) is 1. The zero-order valence-electron chi connectivity index (χ0n) is 16.9. The van der Waals surface area contributed by atoms with Gasteiger partial charge in [-0.3, -0.25) is 4.98 Å². The zero-order chi connectivity index (χ0) is 20.5. The second kappa shape index (κ2) is 10.5. The summed E-state index contributed by atoms with van der Waals surface area (Å²) in [5.74, 6) is 0. The van der Waals surface area contributed by atoms with Gasteiger partial charge in [0, 0.05) is 23.5 Å². The van der Waals surface area contributed by atoms with E-state index in [9.17, 15) is 0 Å². The molecule has 0 saturated carbocycles. The summed E-state index contributed by atoms with van der Waals surface area (Å²) in [6.45, 7) is 14.3. The van der Waals surface area contributed by atoms with Crippen molar-refractivity contribution in [3.8, 4) is 0 Å². The molecule has 1 heterocycles. The van der Waals surface area contributed by atoms with Crippen LogP contribution in [0.5, 0.6) is 0 Å². The van der Waals surface area contributed by atoms with E-state index in [4.69, 9.17) is 0 Å². The number of hydrogen-bond donors (Lipinski definition) is 0. The molecule has 142 valence electrons. The first kappa shape index (κ1) is 21.5. The highest BCUT2D eigenvalue weighted by Gasteiger charge is 2.06. The molecule has 0 radical (unpaired) electrons. The largest absolute Gasteiger partial charge is 0.263 e. The maximum absolute atomic E-state index is 4.48. The summed E-state index contributed by atoms with van der Waals surface area (Å²) < 4.78 is 0. The van der Waals surface area contributed by atoms with E-state index >= 15 is 0 Å². The Morgan fingerprint density at radius 3 is 2.25 bits per heavy atom. The van der Waals surface area contributed by atoms with E-state index in [1.54, 1.807) is 0 Å². The fourth-order valence-electron chi connectivity index (χ4n) is 2.81. The van der Waals surface area contributed by atoms with Crippen molar-refractivity contribution < 1.29 is 0 Å². The van der Waals surface area contributed by atoms with Crippen LogP contribution >= 0.6 is 9.24 Å². The van der Waals surface area contributed by atoms with E-state index in [-0.39, 0.29) is 0 Å². The van der Waals surface area contributed by atoms with Crippen molar-refractivity contribution in [2.24, 2.45) is 0 Å². The van der Waals surface area contributed by atoms with Gasteiger partial charge < -0.3 is 0 Å². The molecule has 0 aliphatic heterocycles. The molecule has 1 unspecified atom stereocenters. The molecular weight excluding hydrogens is 357 g/mol. The molecule has 0 aliphatic rings. The van der Waals surface area contributed by atoms with E-state index in [1.807, 2.05) is 57.4 Å². The maximum Gasteiger partial charge on any atom is 0.0346 e. The van der Waals surface area contributed by atoms with Crippen molar-refractivity contribution in [3.05, 3.63) is 115 Å².